The summed E-state index contributed by atoms with van der Waals surface area (Å²) >= 11 is 0. The van der Waals surface area contributed by atoms with Gasteiger partial charge in [0.1, 0.15) is 23.6 Å². The van der Waals surface area contributed by atoms with Crippen molar-refractivity contribution in [3.63, 3.8) is 0 Å². The molecule has 1 aliphatic rings. The standard InChI is InChI=1S/C22H23N3O3/c1-14(2)28-17-9-7-15(8-10-17)19-12-20(26)24-22-21(19)23-13-25(22)16-5-4-6-18(11-16)27-3/h4-11,13-14,19H,12H2,1-3H3,(H,24,26). The van der Waals surface area contributed by atoms with Gasteiger partial charge in [0.25, 0.3) is 0 Å². The Morgan fingerprint density at radius 1 is 1.14 bits per heavy atom. The lowest BCUT2D eigenvalue weighted by molar-refractivity contribution is -0.116. The number of hydrogen-bond acceptors (Lipinski definition) is 4. The molecule has 2 aromatic carbocycles. The third kappa shape index (κ3) is 3.45. The molecule has 1 unspecified atom stereocenters. The summed E-state index contributed by atoms with van der Waals surface area (Å²) < 4.78 is 12.9. The molecule has 1 atom stereocenters. The Labute approximate surface area is 164 Å². The van der Waals surface area contributed by atoms with Gasteiger partial charge in [0, 0.05) is 18.4 Å². The topological polar surface area (TPSA) is 65.4 Å². The first kappa shape index (κ1) is 18.1. The highest BCUT2D eigenvalue weighted by Crippen LogP contribution is 2.38. The van der Waals surface area contributed by atoms with E-state index in [2.05, 4.69) is 10.3 Å². The summed E-state index contributed by atoms with van der Waals surface area (Å²) in [4.78, 5) is 17.1. The zero-order valence-corrected chi connectivity index (χ0v) is 16.2. The highest BCUT2D eigenvalue weighted by atomic mass is 16.5. The molecule has 1 amide bonds. The Kier molecular flexibility index (Phi) is 4.77. The van der Waals surface area contributed by atoms with Crippen LogP contribution in [0.5, 0.6) is 11.5 Å². The molecule has 0 radical (unpaired) electrons. The number of aromatic nitrogens is 2. The molecule has 0 saturated carbocycles. The number of nitrogens with one attached hydrogen (secondary N) is 1. The molecular formula is C22H23N3O3. The van der Waals surface area contributed by atoms with Crippen molar-refractivity contribution in [2.75, 3.05) is 12.4 Å². The van der Waals surface area contributed by atoms with Crippen molar-refractivity contribution in [3.05, 3.63) is 66.1 Å². The highest BCUT2D eigenvalue weighted by molar-refractivity contribution is 5.94. The maximum atomic E-state index is 12.4. The minimum Gasteiger partial charge on any atom is -0.497 e. The first-order valence-electron chi connectivity index (χ1n) is 9.33. The van der Waals surface area contributed by atoms with Crippen LogP contribution >= 0.6 is 0 Å². The number of carbonyl (C=O) groups is 1. The Balaban J connectivity index is 1.70. The Hall–Kier alpha value is -3.28. The van der Waals surface area contributed by atoms with Gasteiger partial charge in [-0.3, -0.25) is 9.36 Å². The number of fused-ring (bicyclic) bond motifs is 1. The molecular weight excluding hydrogens is 354 g/mol. The summed E-state index contributed by atoms with van der Waals surface area (Å²) in [5.74, 6) is 2.16. The maximum absolute atomic E-state index is 12.4. The van der Waals surface area contributed by atoms with Gasteiger partial charge in [-0.2, -0.15) is 0 Å². The van der Waals surface area contributed by atoms with Gasteiger partial charge in [0.15, 0.2) is 0 Å². The Bertz CT molecular complexity index is 993. The van der Waals surface area contributed by atoms with E-state index in [1.54, 1.807) is 13.4 Å². The maximum Gasteiger partial charge on any atom is 0.226 e. The summed E-state index contributed by atoms with van der Waals surface area (Å²) in [5, 5.41) is 2.98. The van der Waals surface area contributed by atoms with Crippen LogP contribution in [0.2, 0.25) is 0 Å². The van der Waals surface area contributed by atoms with Gasteiger partial charge in [-0.1, -0.05) is 18.2 Å². The van der Waals surface area contributed by atoms with Gasteiger partial charge in [-0.15, -0.1) is 0 Å². The molecule has 2 heterocycles. The molecule has 4 rings (SSSR count). The third-order valence-electron chi connectivity index (χ3n) is 4.76. The fourth-order valence-electron chi connectivity index (χ4n) is 3.49. The van der Waals surface area contributed by atoms with Crippen LogP contribution in [0.25, 0.3) is 5.69 Å². The highest BCUT2D eigenvalue weighted by Gasteiger charge is 2.31. The second-order valence-electron chi connectivity index (χ2n) is 7.09. The van der Waals surface area contributed by atoms with Crippen LogP contribution in [0, 0.1) is 0 Å². The number of imidazole rings is 1. The summed E-state index contributed by atoms with van der Waals surface area (Å²) in [6, 6.07) is 15.6. The molecule has 0 saturated heterocycles. The fraction of sp³-hybridized carbons (Fsp3) is 0.273. The van der Waals surface area contributed by atoms with Crippen molar-refractivity contribution in [2.24, 2.45) is 0 Å². The van der Waals surface area contributed by atoms with E-state index < -0.39 is 0 Å². The van der Waals surface area contributed by atoms with Crippen molar-refractivity contribution in [1.82, 2.24) is 9.55 Å². The van der Waals surface area contributed by atoms with Gasteiger partial charge in [0.2, 0.25) is 5.91 Å². The van der Waals surface area contributed by atoms with Gasteiger partial charge in [-0.25, -0.2) is 4.98 Å². The van der Waals surface area contributed by atoms with Crippen LogP contribution < -0.4 is 14.8 Å². The SMILES string of the molecule is COc1cccc(-n2cnc3c2NC(=O)CC3c2ccc(OC(C)C)cc2)c1. The fourth-order valence-corrected chi connectivity index (χ4v) is 3.49. The van der Waals surface area contributed by atoms with Gasteiger partial charge in [0.05, 0.1) is 24.6 Å². The van der Waals surface area contributed by atoms with E-state index in [1.165, 1.54) is 0 Å². The molecule has 28 heavy (non-hydrogen) atoms. The number of rotatable bonds is 5. The van der Waals surface area contributed by atoms with Crippen LogP contribution in [0.15, 0.2) is 54.9 Å². The van der Waals surface area contributed by atoms with E-state index in [-0.39, 0.29) is 17.9 Å². The smallest absolute Gasteiger partial charge is 0.226 e. The van der Waals surface area contributed by atoms with E-state index in [4.69, 9.17) is 9.47 Å². The van der Waals surface area contributed by atoms with Crippen molar-refractivity contribution in [1.29, 1.82) is 0 Å². The van der Waals surface area contributed by atoms with Crippen molar-refractivity contribution in [2.45, 2.75) is 32.3 Å². The number of ether oxygens (including phenoxy) is 2. The average Bonchev–Trinajstić information content (AvgIpc) is 3.11. The number of anilines is 1. The van der Waals surface area contributed by atoms with Crippen LogP contribution in [0.4, 0.5) is 5.82 Å². The summed E-state index contributed by atoms with van der Waals surface area (Å²) in [6.07, 6.45) is 2.23. The Morgan fingerprint density at radius 3 is 2.64 bits per heavy atom. The second-order valence-corrected chi connectivity index (χ2v) is 7.09. The molecule has 3 aromatic rings. The van der Waals surface area contributed by atoms with Gasteiger partial charge in [-0.05, 0) is 43.7 Å². The molecule has 0 aliphatic carbocycles. The van der Waals surface area contributed by atoms with E-state index >= 15 is 0 Å². The predicted molar refractivity (Wildman–Crippen MR) is 107 cm³/mol. The number of benzene rings is 2. The lowest BCUT2D eigenvalue weighted by Crippen LogP contribution is -2.24. The third-order valence-corrected chi connectivity index (χ3v) is 4.76. The molecule has 6 heteroatoms. The molecule has 1 aliphatic heterocycles. The molecule has 6 nitrogen and oxygen atoms in total. The number of carbonyl (C=O) groups excluding carboxylic acids is 1. The van der Waals surface area contributed by atoms with Crippen molar-refractivity contribution < 1.29 is 14.3 Å². The van der Waals surface area contributed by atoms with Crippen molar-refractivity contribution >= 4 is 11.7 Å². The lowest BCUT2D eigenvalue weighted by atomic mass is 9.90. The van der Waals surface area contributed by atoms with Crippen LogP contribution in [0.1, 0.15) is 37.4 Å². The molecule has 1 aromatic heterocycles. The molecule has 0 bridgehead atoms. The summed E-state index contributed by atoms with van der Waals surface area (Å²) in [6.45, 7) is 3.99. The van der Waals surface area contributed by atoms with Crippen LogP contribution in [-0.4, -0.2) is 28.7 Å². The quantitative estimate of drug-likeness (QED) is 0.726. The molecule has 1 N–H and O–H groups in total. The first-order chi connectivity index (χ1) is 13.5. The Morgan fingerprint density at radius 2 is 1.93 bits per heavy atom. The van der Waals surface area contributed by atoms with Gasteiger partial charge >= 0.3 is 0 Å². The minimum atomic E-state index is -0.0938. The predicted octanol–water partition coefficient (Wildman–Crippen LogP) is 4.14. The number of hydrogen-bond donors (Lipinski definition) is 1. The number of amides is 1. The summed E-state index contributed by atoms with van der Waals surface area (Å²) in [5.41, 5.74) is 2.79. The van der Waals surface area contributed by atoms with E-state index in [9.17, 15) is 4.79 Å². The largest absolute Gasteiger partial charge is 0.497 e. The average molecular weight is 377 g/mol. The van der Waals surface area contributed by atoms with E-state index in [0.717, 1.165) is 28.4 Å². The second kappa shape index (κ2) is 7.38. The van der Waals surface area contributed by atoms with E-state index in [1.807, 2.05) is 66.9 Å². The normalized spacial score (nSPS) is 15.9. The van der Waals surface area contributed by atoms with Crippen molar-refractivity contribution in [3.8, 4) is 17.2 Å². The molecule has 0 fully saturated rings. The first-order valence-corrected chi connectivity index (χ1v) is 9.33. The monoisotopic (exact) mass is 377 g/mol. The lowest BCUT2D eigenvalue weighted by Gasteiger charge is -2.23. The zero-order valence-electron chi connectivity index (χ0n) is 16.2. The zero-order chi connectivity index (χ0) is 19.7. The van der Waals surface area contributed by atoms with Crippen LogP contribution in [0.3, 0.4) is 0 Å². The van der Waals surface area contributed by atoms with Crippen LogP contribution in [-0.2, 0) is 4.79 Å². The number of nitrogens with zero attached hydrogens (tertiary/aromatic N) is 2. The van der Waals surface area contributed by atoms with Gasteiger partial charge < -0.3 is 14.8 Å². The minimum absolute atomic E-state index is 0.0235. The molecule has 144 valence electrons. The number of methoxy groups -OCH3 is 1. The molecule has 0 spiro atoms. The van der Waals surface area contributed by atoms with E-state index in [0.29, 0.717) is 12.2 Å². The summed E-state index contributed by atoms with van der Waals surface area (Å²) in [7, 11) is 1.63.